The number of anilines is 1. The van der Waals surface area contributed by atoms with Gasteiger partial charge >= 0.3 is 0 Å². The van der Waals surface area contributed by atoms with E-state index in [2.05, 4.69) is 20.3 Å². The van der Waals surface area contributed by atoms with Crippen LogP contribution in [0.15, 0.2) is 29.9 Å². The molecular weight excluding hydrogens is 422 g/mol. The Morgan fingerprint density at radius 3 is 2.87 bits per heavy atom. The van der Waals surface area contributed by atoms with Crippen LogP contribution in [0.4, 0.5) is 5.95 Å². The highest BCUT2D eigenvalue weighted by atomic mass is 35.5. The maximum absolute atomic E-state index is 13.1. The number of halogens is 1. The van der Waals surface area contributed by atoms with Crippen molar-refractivity contribution in [3.8, 4) is 0 Å². The predicted molar refractivity (Wildman–Crippen MR) is 121 cm³/mol. The van der Waals surface area contributed by atoms with Crippen LogP contribution in [0.1, 0.15) is 49.3 Å². The molecule has 3 aromatic rings. The van der Waals surface area contributed by atoms with Crippen molar-refractivity contribution in [2.24, 2.45) is 0 Å². The Morgan fingerprint density at radius 1 is 1.37 bits per heavy atom. The second-order valence-corrected chi connectivity index (χ2v) is 8.08. The average molecular weight is 448 g/mol. The second-order valence-electron chi connectivity index (χ2n) is 6.73. The maximum Gasteiger partial charge on any atom is 0.274 e. The lowest BCUT2D eigenvalue weighted by Crippen LogP contribution is -2.31. The molecule has 1 N–H and O–H groups in total. The largest absolute Gasteiger partial charge is 0.380 e. The van der Waals surface area contributed by atoms with E-state index in [9.17, 15) is 4.79 Å². The van der Waals surface area contributed by atoms with Gasteiger partial charge in [-0.25, -0.2) is 9.97 Å². The third kappa shape index (κ3) is 4.88. The summed E-state index contributed by atoms with van der Waals surface area (Å²) in [5, 5.41) is 5.75. The van der Waals surface area contributed by atoms with Gasteiger partial charge in [0.1, 0.15) is 0 Å². The number of thiophene rings is 1. The number of nitrogens with one attached hydrogen (secondary N) is 1. The van der Waals surface area contributed by atoms with E-state index < -0.39 is 0 Å². The molecule has 1 saturated heterocycles. The number of carbonyl (C=O) groups is 1. The molecule has 0 radical (unpaired) electrons. The van der Waals surface area contributed by atoms with Gasteiger partial charge in [-0.05, 0) is 36.4 Å². The monoisotopic (exact) mass is 447 g/mol. The first kappa shape index (κ1) is 22.4. The van der Waals surface area contributed by atoms with E-state index in [0.29, 0.717) is 29.8 Å². The molecule has 1 aliphatic rings. The lowest BCUT2D eigenvalue weighted by atomic mass is 10.1. The molecule has 4 rings (SSSR count). The smallest absolute Gasteiger partial charge is 0.274 e. The molecule has 1 unspecified atom stereocenters. The van der Waals surface area contributed by atoms with Crippen LogP contribution in [0.2, 0.25) is 5.02 Å². The molecule has 0 spiro atoms. The summed E-state index contributed by atoms with van der Waals surface area (Å²) < 4.78 is 6.18. The van der Waals surface area contributed by atoms with Crippen LogP contribution in [0.25, 0.3) is 10.2 Å². The second kappa shape index (κ2) is 10.1. The first-order chi connectivity index (χ1) is 14.5. The maximum atomic E-state index is 13.1. The number of methoxy groups -OCH3 is 1. The molecule has 7 nitrogen and oxygen atoms in total. The quantitative estimate of drug-likeness (QED) is 0.605. The van der Waals surface area contributed by atoms with E-state index >= 15 is 0 Å². The third-order valence-electron chi connectivity index (χ3n) is 4.84. The molecule has 3 aromatic heterocycles. The number of pyridine rings is 1. The number of nitrogens with zero attached hydrogens (tertiary/aromatic N) is 4. The highest BCUT2D eigenvalue weighted by molar-refractivity contribution is 7.17. The summed E-state index contributed by atoms with van der Waals surface area (Å²) in [5.74, 6) is 0.318. The first-order valence-corrected chi connectivity index (χ1v) is 11.2. The van der Waals surface area contributed by atoms with Gasteiger partial charge in [0.2, 0.25) is 5.95 Å². The molecule has 30 heavy (non-hydrogen) atoms. The van der Waals surface area contributed by atoms with Crippen molar-refractivity contribution in [2.45, 2.75) is 39.3 Å². The van der Waals surface area contributed by atoms with Gasteiger partial charge < -0.3 is 15.0 Å². The van der Waals surface area contributed by atoms with E-state index in [0.717, 1.165) is 22.2 Å². The van der Waals surface area contributed by atoms with Crippen molar-refractivity contribution in [3.63, 3.8) is 0 Å². The van der Waals surface area contributed by atoms with Crippen LogP contribution < -0.4 is 5.32 Å². The van der Waals surface area contributed by atoms with E-state index in [1.165, 1.54) is 11.3 Å². The number of aromatic nitrogens is 3. The minimum atomic E-state index is -0.116. The minimum absolute atomic E-state index is 0.0811. The Bertz CT molecular complexity index is 1010. The number of carbonyl (C=O) groups excluding carboxylic acids is 1. The summed E-state index contributed by atoms with van der Waals surface area (Å²) >= 11 is 7.51. The highest BCUT2D eigenvalue weighted by Gasteiger charge is 2.29. The Hall–Kier alpha value is -2.29. The summed E-state index contributed by atoms with van der Waals surface area (Å²) in [5.41, 5.74) is 2.09. The summed E-state index contributed by atoms with van der Waals surface area (Å²) in [7, 11) is 1.68. The first-order valence-electron chi connectivity index (χ1n) is 9.99. The summed E-state index contributed by atoms with van der Waals surface area (Å²) in [6.45, 7) is 7.22. The van der Waals surface area contributed by atoms with Gasteiger partial charge in [-0.1, -0.05) is 25.4 Å². The lowest BCUT2D eigenvalue weighted by molar-refractivity contribution is 0.0721. The van der Waals surface area contributed by atoms with Crippen LogP contribution in [0, 0.1) is 0 Å². The molecule has 1 amide bonds. The number of likely N-dealkylation sites (tertiary alicyclic amines) is 1. The molecule has 1 aliphatic heterocycles. The normalized spacial score (nSPS) is 16.8. The number of ether oxygens (including phenoxy) is 1. The van der Waals surface area contributed by atoms with E-state index in [1.807, 2.05) is 38.3 Å². The van der Waals surface area contributed by atoms with Crippen LogP contribution in [0.5, 0.6) is 0 Å². The SMILES string of the molecule is CC.CO[C@@H]1CCN(C(=O)c2nc(NC(C)c3cncc(Cl)c3)nc3ccsc23)C1. The van der Waals surface area contributed by atoms with Gasteiger partial charge in [0.25, 0.3) is 5.91 Å². The molecule has 0 aromatic carbocycles. The van der Waals surface area contributed by atoms with E-state index in [1.54, 1.807) is 24.4 Å². The predicted octanol–water partition coefficient (Wildman–Crippen LogP) is 4.80. The van der Waals surface area contributed by atoms with Gasteiger partial charge in [0, 0.05) is 32.6 Å². The Morgan fingerprint density at radius 2 is 2.17 bits per heavy atom. The zero-order valence-electron chi connectivity index (χ0n) is 17.6. The molecule has 0 bridgehead atoms. The summed E-state index contributed by atoms with van der Waals surface area (Å²) in [6.07, 6.45) is 4.25. The molecule has 0 aliphatic carbocycles. The number of hydrogen-bond acceptors (Lipinski definition) is 7. The number of fused-ring (bicyclic) bond motifs is 1. The van der Waals surface area contributed by atoms with Crippen molar-refractivity contribution in [2.75, 3.05) is 25.5 Å². The van der Waals surface area contributed by atoms with Gasteiger partial charge in [-0.3, -0.25) is 9.78 Å². The molecule has 160 valence electrons. The minimum Gasteiger partial charge on any atom is -0.380 e. The number of amides is 1. The molecular formula is C21H26ClN5O2S. The molecule has 1 fully saturated rings. The van der Waals surface area contributed by atoms with Crippen LogP contribution in [-0.2, 0) is 4.74 Å². The fourth-order valence-corrected chi connectivity index (χ4v) is 4.26. The molecule has 0 saturated carbocycles. The van der Waals surface area contributed by atoms with Crippen molar-refractivity contribution >= 4 is 45.0 Å². The van der Waals surface area contributed by atoms with Crippen molar-refractivity contribution in [3.05, 3.63) is 46.2 Å². The number of rotatable bonds is 5. The average Bonchev–Trinajstić information content (AvgIpc) is 3.43. The zero-order chi connectivity index (χ0) is 21.7. The van der Waals surface area contributed by atoms with Crippen molar-refractivity contribution < 1.29 is 9.53 Å². The third-order valence-corrected chi connectivity index (χ3v) is 5.96. The van der Waals surface area contributed by atoms with Crippen LogP contribution in [0.3, 0.4) is 0 Å². The van der Waals surface area contributed by atoms with E-state index in [4.69, 9.17) is 16.3 Å². The molecule has 4 heterocycles. The van der Waals surface area contributed by atoms with Crippen LogP contribution >= 0.6 is 22.9 Å². The lowest BCUT2D eigenvalue weighted by Gasteiger charge is -2.18. The zero-order valence-corrected chi connectivity index (χ0v) is 19.1. The van der Waals surface area contributed by atoms with Gasteiger partial charge in [0.15, 0.2) is 5.69 Å². The van der Waals surface area contributed by atoms with Gasteiger partial charge in [0.05, 0.1) is 27.4 Å². The van der Waals surface area contributed by atoms with Crippen LogP contribution in [-0.4, -0.2) is 52.1 Å². The van der Waals surface area contributed by atoms with Crippen molar-refractivity contribution in [1.82, 2.24) is 19.9 Å². The van der Waals surface area contributed by atoms with Gasteiger partial charge in [-0.2, -0.15) is 0 Å². The summed E-state index contributed by atoms with van der Waals surface area (Å²) in [4.78, 5) is 28.1. The standard InChI is InChI=1S/C19H20ClN5O2S.C2H6/c1-11(12-7-13(20)9-21-8-12)22-19-23-15-4-6-28-17(15)16(24-19)18(26)25-5-3-14(10-25)27-2;1-2/h4,6-9,11,14H,3,5,10H2,1-2H3,(H,22,23,24);1-2H3/t11?,14-;/m1./s1. The Labute approximate surface area is 185 Å². The molecule has 9 heteroatoms. The fraction of sp³-hybridized carbons (Fsp3) is 0.429. The molecule has 2 atom stereocenters. The Kier molecular flexibility index (Phi) is 7.58. The Balaban J connectivity index is 0.00000124. The highest BCUT2D eigenvalue weighted by Crippen LogP contribution is 2.27. The summed E-state index contributed by atoms with van der Waals surface area (Å²) in [6, 6.07) is 3.63. The topological polar surface area (TPSA) is 80.2 Å². The van der Waals surface area contributed by atoms with Gasteiger partial charge in [-0.15, -0.1) is 11.3 Å². The fourth-order valence-electron chi connectivity index (χ4n) is 3.27. The van der Waals surface area contributed by atoms with E-state index in [-0.39, 0.29) is 18.1 Å². The van der Waals surface area contributed by atoms with Crippen molar-refractivity contribution in [1.29, 1.82) is 0 Å². The number of hydrogen-bond donors (Lipinski definition) is 1.